The Hall–Kier alpha value is -2.36. The Bertz CT molecular complexity index is 625. The lowest BCUT2D eigenvalue weighted by Crippen LogP contribution is -1.99. The van der Waals surface area contributed by atoms with Crippen molar-refractivity contribution in [2.45, 2.75) is 13.5 Å². The van der Waals surface area contributed by atoms with E-state index < -0.39 is 0 Å². The van der Waals surface area contributed by atoms with Crippen molar-refractivity contribution in [2.75, 3.05) is 5.32 Å². The van der Waals surface area contributed by atoms with Gasteiger partial charge in [0.1, 0.15) is 0 Å². The first-order valence-electron chi connectivity index (χ1n) is 5.82. The number of benzene rings is 1. The first kappa shape index (κ1) is 10.8. The molecule has 0 spiro atoms. The molecule has 0 radical (unpaired) electrons. The van der Waals surface area contributed by atoms with Gasteiger partial charge in [-0.2, -0.15) is 4.98 Å². The molecule has 0 amide bonds. The molecule has 4 heteroatoms. The van der Waals surface area contributed by atoms with Gasteiger partial charge in [0.15, 0.2) is 11.2 Å². The molecular formula is C14H13N3O. The largest absolute Gasteiger partial charge is 0.437 e. The smallest absolute Gasteiger partial charge is 0.216 e. The van der Waals surface area contributed by atoms with Crippen molar-refractivity contribution < 1.29 is 4.42 Å². The van der Waals surface area contributed by atoms with Gasteiger partial charge in [-0.25, -0.2) is 4.98 Å². The van der Waals surface area contributed by atoms with E-state index in [0.29, 0.717) is 18.1 Å². The van der Waals surface area contributed by atoms with Gasteiger partial charge in [-0.3, -0.25) is 0 Å². The van der Waals surface area contributed by atoms with Crippen LogP contribution in [0.15, 0.2) is 47.0 Å². The number of hydrogen-bond acceptors (Lipinski definition) is 4. The number of oxazole rings is 1. The van der Waals surface area contributed by atoms with Gasteiger partial charge >= 0.3 is 0 Å². The number of nitrogens with one attached hydrogen (secondary N) is 1. The van der Waals surface area contributed by atoms with E-state index in [2.05, 4.69) is 34.3 Å². The van der Waals surface area contributed by atoms with Gasteiger partial charge in [-0.15, -0.1) is 0 Å². The van der Waals surface area contributed by atoms with Gasteiger partial charge in [0.2, 0.25) is 5.89 Å². The van der Waals surface area contributed by atoms with E-state index in [1.54, 1.807) is 6.20 Å². The van der Waals surface area contributed by atoms with Gasteiger partial charge in [0.05, 0.1) is 6.54 Å². The Balaban J connectivity index is 1.74. The molecule has 3 rings (SSSR count). The van der Waals surface area contributed by atoms with Crippen molar-refractivity contribution in [3.05, 3.63) is 54.0 Å². The van der Waals surface area contributed by atoms with Crippen molar-refractivity contribution >= 4 is 16.9 Å². The Kier molecular flexibility index (Phi) is 2.68. The SMILES string of the molecule is Cc1ccc(NCc2nc3ncccc3o2)cc1. The Labute approximate surface area is 105 Å². The number of fused-ring (bicyclic) bond motifs is 1. The maximum Gasteiger partial charge on any atom is 0.216 e. The summed E-state index contributed by atoms with van der Waals surface area (Å²) in [5.41, 5.74) is 3.67. The summed E-state index contributed by atoms with van der Waals surface area (Å²) in [6.07, 6.45) is 1.71. The van der Waals surface area contributed by atoms with E-state index >= 15 is 0 Å². The third-order valence-corrected chi connectivity index (χ3v) is 2.70. The van der Waals surface area contributed by atoms with E-state index in [0.717, 1.165) is 11.3 Å². The molecule has 0 atom stereocenters. The minimum atomic E-state index is 0.555. The quantitative estimate of drug-likeness (QED) is 0.762. The average Bonchev–Trinajstić information content (AvgIpc) is 2.81. The molecule has 1 aromatic carbocycles. The summed E-state index contributed by atoms with van der Waals surface area (Å²) in [5, 5.41) is 3.27. The van der Waals surface area contributed by atoms with Gasteiger partial charge < -0.3 is 9.73 Å². The second kappa shape index (κ2) is 4.49. The molecule has 0 fully saturated rings. The predicted molar refractivity (Wildman–Crippen MR) is 70.3 cm³/mol. The molecule has 1 N–H and O–H groups in total. The van der Waals surface area contributed by atoms with Gasteiger partial charge in [-0.05, 0) is 31.2 Å². The molecule has 0 aliphatic rings. The van der Waals surface area contributed by atoms with E-state index in [9.17, 15) is 0 Å². The fraction of sp³-hybridized carbons (Fsp3) is 0.143. The normalized spacial score (nSPS) is 10.7. The van der Waals surface area contributed by atoms with Crippen molar-refractivity contribution in [1.82, 2.24) is 9.97 Å². The molecule has 0 bridgehead atoms. The van der Waals surface area contributed by atoms with Crippen LogP contribution in [0.25, 0.3) is 11.2 Å². The minimum Gasteiger partial charge on any atom is -0.437 e. The molecule has 0 saturated carbocycles. The van der Waals surface area contributed by atoms with Gasteiger partial charge in [-0.1, -0.05) is 17.7 Å². The molecule has 90 valence electrons. The monoisotopic (exact) mass is 239 g/mol. The summed E-state index contributed by atoms with van der Waals surface area (Å²) in [6.45, 7) is 2.62. The lowest BCUT2D eigenvalue weighted by atomic mass is 10.2. The first-order valence-corrected chi connectivity index (χ1v) is 5.82. The molecule has 4 nitrogen and oxygen atoms in total. The molecule has 0 aliphatic heterocycles. The zero-order valence-electron chi connectivity index (χ0n) is 10.1. The van der Waals surface area contributed by atoms with Crippen LogP contribution in [0.4, 0.5) is 5.69 Å². The van der Waals surface area contributed by atoms with Gasteiger partial charge in [0.25, 0.3) is 0 Å². The van der Waals surface area contributed by atoms with Crippen LogP contribution in [0, 0.1) is 6.92 Å². The predicted octanol–water partition coefficient (Wildman–Crippen LogP) is 3.14. The van der Waals surface area contributed by atoms with Crippen molar-refractivity contribution in [3.8, 4) is 0 Å². The fourth-order valence-corrected chi connectivity index (χ4v) is 1.74. The zero-order valence-corrected chi connectivity index (χ0v) is 10.1. The maximum atomic E-state index is 5.58. The van der Waals surface area contributed by atoms with Crippen LogP contribution in [0.2, 0.25) is 0 Å². The fourth-order valence-electron chi connectivity index (χ4n) is 1.74. The highest BCUT2D eigenvalue weighted by molar-refractivity contribution is 5.66. The van der Waals surface area contributed by atoms with E-state index in [4.69, 9.17) is 4.42 Å². The summed E-state index contributed by atoms with van der Waals surface area (Å²) < 4.78 is 5.58. The third-order valence-electron chi connectivity index (χ3n) is 2.70. The number of aryl methyl sites for hydroxylation is 1. The first-order chi connectivity index (χ1) is 8.81. The minimum absolute atomic E-state index is 0.555. The molecule has 0 unspecified atom stereocenters. The lowest BCUT2D eigenvalue weighted by molar-refractivity contribution is 0.540. The Morgan fingerprint density at radius 3 is 2.78 bits per heavy atom. The van der Waals surface area contributed by atoms with Crippen LogP contribution in [0.3, 0.4) is 0 Å². The van der Waals surface area contributed by atoms with Crippen molar-refractivity contribution in [3.63, 3.8) is 0 Å². The second-order valence-corrected chi connectivity index (χ2v) is 4.15. The molecule has 2 aromatic heterocycles. The highest BCUT2D eigenvalue weighted by atomic mass is 16.3. The van der Waals surface area contributed by atoms with Crippen LogP contribution in [0.5, 0.6) is 0 Å². The van der Waals surface area contributed by atoms with Crippen LogP contribution in [0.1, 0.15) is 11.5 Å². The van der Waals surface area contributed by atoms with E-state index in [1.165, 1.54) is 5.56 Å². The second-order valence-electron chi connectivity index (χ2n) is 4.15. The van der Waals surface area contributed by atoms with Crippen LogP contribution < -0.4 is 5.32 Å². The highest BCUT2D eigenvalue weighted by Crippen LogP contribution is 2.14. The summed E-state index contributed by atoms with van der Waals surface area (Å²) in [6, 6.07) is 11.9. The van der Waals surface area contributed by atoms with Crippen LogP contribution in [-0.2, 0) is 6.54 Å². The summed E-state index contributed by atoms with van der Waals surface area (Å²) in [4.78, 5) is 8.44. The Morgan fingerprint density at radius 1 is 1.17 bits per heavy atom. The van der Waals surface area contributed by atoms with Gasteiger partial charge in [0, 0.05) is 11.9 Å². The van der Waals surface area contributed by atoms with E-state index in [1.807, 2.05) is 24.3 Å². The average molecular weight is 239 g/mol. The number of aromatic nitrogens is 2. The van der Waals surface area contributed by atoms with E-state index in [-0.39, 0.29) is 0 Å². The third kappa shape index (κ3) is 2.18. The topological polar surface area (TPSA) is 51.0 Å². The number of hydrogen-bond donors (Lipinski definition) is 1. The molecule has 18 heavy (non-hydrogen) atoms. The number of anilines is 1. The summed E-state index contributed by atoms with van der Waals surface area (Å²) >= 11 is 0. The van der Waals surface area contributed by atoms with Crippen molar-refractivity contribution in [1.29, 1.82) is 0 Å². The van der Waals surface area contributed by atoms with Crippen LogP contribution in [-0.4, -0.2) is 9.97 Å². The van der Waals surface area contributed by atoms with Crippen molar-refractivity contribution in [2.24, 2.45) is 0 Å². The summed E-state index contributed by atoms with van der Waals surface area (Å²) in [5.74, 6) is 0.643. The molecule has 0 saturated heterocycles. The highest BCUT2D eigenvalue weighted by Gasteiger charge is 2.05. The maximum absolute atomic E-state index is 5.58. The molecule has 2 heterocycles. The molecule has 3 aromatic rings. The van der Waals surface area contributed by atoms with Crippen LogP contribution >= 0.6 is 0 Å². The number of nitrogens with zero attached hydrogens (tertiary/aromatic N) is 2. The Morgan fingerprint density at radius 2 is 2.00 bits per heavy atom. The number of pyridine rings is 1. The lowest BCUT2D eigenvalue weighted by Gasteiger charge is -2.03. The zero-order chi connectivity index (χ0) is 12.4. The molecule has 0 aliphatic carbocycles. The standard InChI is InChI=1S/C14H13N3O/c1-10-4-6-11(7-5-10)16-9-13-17-14-12(18-13)3-2-8-15-14/h2-8,16H,9H2,1H3. The summed E-state index contributed by atoms with van der Waals surface area (Å²) in [7, 11) is 0. The number of rotatable bonds is 3. The molecular weight excluding hydrogens is 226 g/mol.